The number of aliphatic hydroxyl groups excluding tert-OH is 1. The van der Waals surface area contributed by atoms with Crippen molar-refractivity contribution in [1.82, 2.24) is 0 Å². The molecule has 0 saturated carbocycles. The molecule has 132 valence electrons. The second-order valence-corrected chi connectivity index (χ2v) is 20.6. The molecule has 0 aliphatic rings. The Bertz CT molecular complexity index is 253. The average Bonchev–Trinajstić information content (AvgIpc) is 2.54. The van der Waals surface area contributed by atoms with E-state index >= 15 is 0 Å². The molecule has 1 atom stereocenters. The van der Waals surface area contributed by atoms with Crippen LogP contribution in [0.25, 0.3) is 0 Å². The third-order valence-corrected chi connectivity index (χ3v) is 21.3. The molecule has 1 nitrogen and oxygen atoms in total. The fraction of sp³-hybridized carbons (Fsp3) is 0.900. The molecule has 0 rings (SSSR count). The summed E-state index contributed by atoms with van der Waals surface area (Å²) < 4.78 is 5.64. The summed E-state index contributed by atoms with van der Waals surface area (Å²) in [6.45, 7) is 13.6. The standard InChI is InChI=1S/C8H15O.3C4H9.Sn/c1-3-5-6-7-8(9)4-2;3*1-3-4-2;/h8-9H,2-3,5-7H2,1H3;3*1,3-4H2,2H3;/t8-;;;;/m0..../s1. The Morgan fingerprint density at radius 2 is 1.18 bits per heavy atom. The summed E-state index contributed by atoms with van der Waals surface area (Å²) in [6.07, 6.45) is 12.3. The predicted octanol–water partition coefficient (Wildman–Crippen LogP) is 6.87. The van der Waals surface area contributed by atoms with Gasteiger partial charge in [-0.2, -0.15) is 0 Å². The van der Waals surface area contributed by atoms with E-state index in [9.17, 15) is 5.11 Å². The van der Waals surface area contributed by atoms with E-state index in [0.717, 1.165) is 12.8 Å². The molecule has 0 aromatic rings. The normalized spacial score (nSPS) is 13.3. The van der Waals surface area contributed by atoms with Crippen LogP contribution in [0.3, 0.4) is 0 Å². The summed E-state index contributed by atoms with van der Waals surface area (Å²) in [5.74, 6) is 0. The molecule has 0 aliphatic carbocycles. The predicted molar refractivity (Wildman–Crippen MR) is 104 cm³/mol. The van der Waals surface area contributed by atoms with E-state index in [-0.39, 0.29) is 6.10 Å². The van der Waals surface area contributed by atoms with Crippen LogP contribution >= 0.6 is 0 Å². The van der Waals surface area contributed by atoms with Gasteiger partial charge in [-0.15, -0.1) is 0 Å². The maximum absolute atomic E-state index is 10.7. The van der Waals surface area contributed by atoms with Crippen LogP contribution in [-0.4, -0.2) is 29.6 Å². The van der Waals surface area contributed by atoms with Gasteiger partial charge in [0, 0.05) is 0 Å². The van der Waals surface area contributed by atoms with Gasteiger partial charge < -0.3 is 0 Å². The Morgan fingerprint density at radius 3 is 1.55 bits per heavy atom. The van der Waals surface area contributed by atoms with E-state index in [1.54, 1.807) is 0 Å². The molecule has 0 aliphatic heterocycles. The van der Waals surface area contributed by atoms with Gasteiger partial charge >= 0.3 is 145 Å². The molecule has 0 fully saturated rings. The fourth-order valence-electron chi connectivity index (χ4n) is 3.52. The molecule has 0 aromatic carbocycles. The minimum atomic E-state index is -2.41. The second kappa shape index (κ2) is 13.9. The fourth-order valence-corrected chi connectivity index (χ4v) is 19.7. The first-order valence-corrected chi connectivity index (χ1v) is 17.4. The summed E-state index contributed by atoms with van der Waals surface area (Å²) in [6, 6.07) is 0. The maximum atomic E-state index is 10.7. The van der Waals surface area contributed by atoms with Gasteiger partial charge in [0.1, 0.15) is 0 Å². The number of rotatable bonds is 15. The molecule has 1 N–H and O–H groups in total. The third-order valence-electron chi connectivity index (χ3n) is 5.19. The van der Waals surface area contributed by atoms with Crippen LogP contribution in [0.5, 0.6) is 0 Å². The van der Waals surface area contributed by atoms with Gasteiger partial charge in [0.2, 0.25) is 0 Å². The van der Waals surface area contributed by atoms with Crippen LogP contribution in [0.4, 0.5) is 0 Å². The van der Waals surface area contributed by atoms with Crippen LogP contribution in [0, 0.1) is 0 Å². The van der Waals surface area contributed by atoms with Crippen molar-refractivity contribution in [2.45, 2.75) is 111 Å². The first-order valence-electron chi connectivity index (χ1n) is 9.95. The number of hydrogen-bond donors (Lipinski definition) is 1. The molecular weight excluding hydrogens is 375 g/mol. The molecule has 0 bridgehead atoms. The quantitative estimate of drug-likeness (QED) is 0.228. The van der Waals surface area contributed by atoms with Crippen LogP contribution < -0.4 is 0 Å². The molecule has 0 saturated heterocycles. The SMILES string of the molecule is C=[C]([C@H](O)CCCCC)[Sn]([CH2]CCC)([CH2]CCC)[CH2]CCC. The van der Waals surface area contributed by atoms with Gasteiger partial charge in [-0.25, -0.2) is 0 Å². The van der Waals surface area contributed by atoms with Crippen molar-refractivity contribution in [3.63, 3.8) is 0 Å². The van der Waals surface area contributed by atoms with Crippen molar-refractivity contribution in [2.24, 2.45) is 0 Å². The van der Waals surface area contributed by atoms with E-state index in [1.165, 1.54) is 68.3 Å². The summed E-state index contributed by atoms with van der Waals surface area (Å²) in [4.78, 5) is 0. The first-order chi connectivity index (χ1) is 10.6. The second-order valence-electron chi connectivity index (χ2n) is 7.13. The average molecular weight is 417 g/mol. The van der Waals surface area contributed by atoms with Gasteiger partial charge in [0.05, 0.1) is 0 Å². The Labute approximate surface area is 144 Å². The van der Waals surface area contributed by atoms with Crippen LogP contribution in [-0.2, 0) is 0 Å². The summed E-state index contributed by atoms with van der Waals surface area (Å²) >= 11 is -2.41. The zero-order valence-electron chi connectivity index (χ0n) is 15.9. The Balaban J connectivity index is 4.97. The van der Waals surface area contributed by atoms with Crippen molar-refractivity contribution in [3.05, 3.63) is 10.2 Å². The van der Waals surface area contributed by atoms with E-state index in [1.807, 2.05) is 0 Å². The van der Waals surface area contributed by atoms with E-state index < -0.39 is 18.4 Å². The van der Waals surface area contributed by atoms with Gasteiger partial charge in [-0.05, 0) is 0 Å². The zero-order chi connectivity index (χ0) is 16.8. The minimum absolute atomic E-state index is 0.201. The van der Waals surface area contributed by atoms with Crippen LogP contribution in [0.15, 0.2) is 10.2 Å². The molecule has 0 unspecified atom stereocenters. The first kappa shape index (κ1) is 22.5. The molecule has 0 aromatic heterocycles. The van der Waals surface area contributed by atoms with Gasteiger partial charge in [0.25, 0.3) is 0 Å². The zero-order valence-corrected chi connectivity index (χ0v) is 18.8. The Hall–Kier alpha value is 0.499. The molecule has 0 spiro atoms. The third kappa shape index (κ3) is 8.38. The molecule has 22 heavy (non-hydrogen) atoms. The summed E-state index contributed by atoms with van der Waals surface area (Å²) in [5.41, 5.74) is 0. The molecular formula is C20H42OSn. The van der Waals surface area contributed by atoms with E-state index in [4.69, 9.17) is 0 Å². The molecule has 0 radical (unpaired) electrons. The van der Waals surface area contributed by atoms with Gasteiger partial charge in [-0.1, -0.05) is 0 Å². The van der Waals surface area contributed by atoms with E-state index in [0.29, 0.717) is 0 Å². The van der Waals surface area contributed by atoms with Crippen molar-refractivity contribution < 1.29 is 5.11 Å². The molecule has 0 amide bonds. The number of aliphatic hydroxyl groups is 1. The summed E-state index contributed by atoms with van der Waals surface area (Å²) in [7, 11) is 0. The molecule has 2 heteroatoms. The molecule has 0 heterocycles. The Kier molecular flexibility index (Phi) is 14.2. The van der Waals surface area contributed by atoms with Crippen molar-refractivity contribution in [1.29, 1.82) is 0 Å². The van der Waals surface area contributed by atoms with Gasteiger partial charge in [-0.3, -0.25) is 0 Å². The topological polar surface area (TPSA) is 20.2 Å². The van der Waals surface area contributed by atoms with Crippen LogP contribution in [0.2, 0.25) is 13.3 Å². The van der Waals surface area contributed by atoms with Crippen molar-refractivity contribution >= 4 is 18.4 Å². The van der Waals surface area contributed by atoms with Crippen molar-refractivity contribution in [2.75, 3.05) is 0 Å². The Morgan fingerprint density at radius 1 is 0.773 bits per heavy atom. The van der Waals surface area contributed by atoms with Crippen LogP contribution in [0.1, 0.15) is 91.9 Å². The van der Waals surface area contributed by atoms with E-state index in [2.05, 4.69) is 34.3 Å². The summed E-state index contributed by atoms with van der Waals surface area (Å²) in [5, 5.41) is 10.7. The monoisotopic (exact) mass is 418 g/mol. The number of unbranched alkanes of at least 4 members (excludes halogenated alkanes) is 5. The number of hydrogen-bond acceptors (Lipinski definition) is 1. The van der Waals surface area contributed by atoms with Crippen molar-refractivity contribution in [3.8, 4) is 0 Å². The van der Waals surface area contributed by atoms with Gasteiger partial charge in [0.15, 0.2) is 0 Å².